The largest absolute Gasteiger partial charge is 0.381 e. The number of halogens is 2. The number of aliphatic imine (C=N–C) groups is 1. The average Bonchev–Trinajstić information content (AvgIpc) is 2.61. The maximum absolute atomic E-state index is 6.22. The molecule has 0 spiro atoms. The molecule has 1 fully saturated rings. The summed E-state index contributed by atoms with van der Waals surface area (Å²) < 4.78 is 11.2. The first-order valence-electron chi connectivity index (χ1n) is 8.55. The van der Waals surface area contributed by atoms with Gasteiger partial charge in [0.15, 0.2) is 5.96 Å². The van der Waals surface area contributed by atoms with E-state index in [2.05, 4.69) is 15.2 Å². The lowest BCUT2D eigenvalue weighted by atomic mass is 10.1. The van der Waals surface area contributed by atoms with E-state index in [1.807, 2.05) is 31.3 Å². The highest BCUT2D eigenvalue weighted by Crippen LogP contribution is 2.16. The molecule has 1 aromatic carbocycles. The molecule has 5 nitrogen and oxygen atoms in total. The highest BCUT2D eigenvalue weighted by Gasteiger charge is 2.13. The minimum Gasteiger partial charge on any atom is -0.381 e. The van der Waals surface area contributed by atoms with Crippen LogP contribution in [0.4, 0.5) is 0 Å². The predicted octanol–water partition coefficient (Wildman–Crippen LogP) is 3.55. The summed E-state index contributed by atoms with van der Waals surface area (Å²) in [5, 5.41) is 4.16. The molecule has 142 valence electrons. The number of benzene rings is 1. The van der Waals surface area contributed by atoms with Crippen molar-refractivity contribution in [2.75, 3.05) is 40.5 Å². The lowest BCUT2D eigenvalue weighted by molar-refractivity contribution is -0.0320. The van der Waals surface area contributed by atoms with Gasteiger partial charge in [-0.2, -0.15) is 0 Å². The summed E-state index contributed by atoms with van der Waals surface area (Å²) in [6.07, 6.45) is 3.34. The third kappa shape index (κ3) is 8.11. The minimum absolute atomic E-state index is 0. The van der Waals surface area contributed by atoms with Gasteiger partial charge in [0.25, 0.3) is 0 Å². The third-order valence-corrected chi connectivity index (χ3v) is 4.43. The SMILES string of the molecule is CN=C(NCCCOC1CCOCC1)N(C)Cc1ccccc1Cl.I. The van der Waals surface area contributed by atoms with E-state index in [0.29, 0.717) is 6.10 Å². The van der Waals surface area contributed by atoms with E-state index in [1.54, 1.807) is 7.05 Å². The van der Waals surface area contributed by atoms with Crippen molar-refractivity contribution in [2.24, 2.45) is 4.99 Å². The highest BCUT2D eigenvalue weighted by molar-refractivity contribution is 14.0. The summed E-state index contributed by atoms with van der Waals surface area (Å²) in [5.41, 5.74) is 1.09. The molecular weight excluding hydrogens is 453 g/mol. The van der Waals surface area contributed by atoms with Crippen LogP contribution >= 0.6 is 35.6 Å². The molecule has 0 atom stereocenters. The Morgan fingerprint density at radius 2 is 2.08 bits per heavy atom. The van der Waals surface area contributed by atoms with Gasteiger partial charge in [-0.05, 0) is 30.9 Å². The number of nitrogens with zero attached hydrogens (tertiary/aromatic N) is 2. The summed E-state index contributed by atoms with van der Waals surface area (Å²) in [6.45, 7) is 3.97. The molecule has 1 N–H and O–H groups in total. The van der Waals surface area contributed by atoms with Crippen molar-refractivity contribution < 1.29 is 9.47 Å². The molecule has 1 aliphatic rings. The number of rotatable bonds is 7. The smallest absolute Gasteiger partial charge is 0.193 e. The maximum Gasteiger partial charge on any atom is 0.193 e. The number of hydrogen-bond acceptors (Lipinski definition) is 3. The summed E-state index contributed by atoms with van der Waals surface area (Å²) in [7, 11) is 3.81. The molecule has 0 bridgehead atoms. The van der Waals surface area contributed by atoms with Crippen molar-refractivity contribution >= 4 is 41.5 Å². The molecule has 0 aromatic heterocycles. The molecule has 0 unspecified atom stereocenters. The summed E-state index contributed by atoms with van der Waals surface area (Å²) in [5.74, 6) is 0.862. The monoisotopic (exact) mass is 481 g/mol. The number of nitrogens with one attached hydrogen (secondary N) is 1. The lowest BCUT2D eigenvalue weighted by Crippen LogP contribution is -2.39. The Balaban J connectivity index is 0.00000312. The quantitative estimate of drug-likeness (QED) is 0.280. The van der Waals surface area contributed by atoms with Crippen LogP contribution in [0.2, 0.25) is 5.02 Å². The Morgan fingerprint density at radius 1 is 1.36 bits per heavy atom. The van der Waals surface area contributed by atoms with E-state index in [1.165, 1.54) is 0 Å². The van der Waals surface area contributed by atoms with E-state index in [-0.39, 0.29) is 24.0 Å². The van der Waals surface area contributed by atoms with E-state index >= 15 is 0 Å². The molecule has 7 heteroatoms. The molecule has 2 rings (SSSR count). The zero-order valence-electron chi connectivity index (χ0n) is 15.0. The zero-order valence-corrected chi connectivity index (χ0v) is 18.1. The fourth-order valence-corrected chi connectivity index (χ4v) is 2.90. The van der Waals surface area contributed by atoms with Crippen molar-refractivity contribution in [1.29, 1.82) is 0 Å². The van der Waals surface area contributed by atoms with E-state index in [9.17, 15) is 0 Å². The first-order valence-corrected chi connectivity index (χ1v) is 8.93. The second kappa shape index (κ2) is 12.7. The van der Waals surface area contributed by atoms with Crippen LogP contribution in [0.5, 0.6) is 0 Å². The van der Waals surface area contributed by atoms with E-state index < -0.39 is 0 Å². The Labute approximate surface area is 173 Å². The van der Waals surface area contributed by atoms with Gasteiger partial charge in [-0.3, -0.25) is 4.99 Å². The molecule has 1 saturated heterocycles. The van der Waals surface area contributed by atoms with Crippen LogP contribution in [0, 0.1) is 0 Å². The first-order chi connectivity index (χ1) is 11.7. The molecule has 1 heterocycles. The van der Waals surface area contributed by atoms with E-state index in [0.717, 1.165) is 68.7 Å². The van der Waals surface area contributed by atoms with Crippen LogP contribution in [0.3, 0.4) is 0 Å². The van der Waals surface area contributed by atoms with Gasteiger partial charge in [0.2, 0.25) is 0 Å². The number of ether oxygens (including phenoxy) is 2. The van der Waals surface area contributed by atoms with Gasteiger partial charge in [-0.1, -0.05) is 29.8 Å². The normalized spacial score (nSPS) is 15.6. The second-order valence-corrected chi connectivity index (χ2v) is 6.36. The number of guanidine groups is 1. The predicted molar refractivity (Wildman–Crippen MR) is 114 cm³/mol. The van der Waals surface area contributed by atoms with Crippen LogP contribution in [-0.4, -0.2) is 57.4 Å². The van der Waals surface area contributed by atoms with Crippen LogP contribution in [-0.2, 0) is 16.0 Å². The molecule has 0 saturated carbocycles. The zero-order chi connectivity index (χ0) is 17.2. The van der Waals surface area contributed by atoms with Crippen LogP contribution in [0.15, 0.2) is 29.3 Å². The lowest BCUT2D eigenvalue weighted by Gasteiger charge is -2.24. The average molecular weight is 482 g/mol. The summed E-state index contributed by atoms with van der Waals surface area (Å²) >= 11 is 6.22. The van der Waals surface area contributed by atoms with Gasteiger partial charge in [0, 0.05) is 52.0 Å². The standard InChI is InChI=1S/C18H28ClN3O2.HI/c1-20-18(22(2)14-15-6-3-4-7-17(15)19)21-10-5-11-24-16-8-12-23-13-9-16;/h3-4,6-7,16H,5,8-14H2,1-2H3,(H,20,21);1H. The van der Waals surface area contributed by atoms with Gasteiger partial charge in [-0.25, -0.2) is 0 Å². The molecule has 25 heavy (non-hydrogen) atoms. The third-order valence-electron chi connectivity index (χ3n) is 4.06. The Bertz CT molecular complexity index is 525. The molecule has 1 aliphatic heterocycles. The summed E-state index contributed by atoms with van der Waals surface area (Å²) in [6, 6.07) is 7.89. The first kappa shape index (κ1) is 22.5. The fraction of sp³-hybridized carbons (Fsp3) is 0.611. The topological polar surface area (TPSA) is 46.1 Å². The molecule has 0 amide bonds. The molecular formula is C18H29ClIN3O2. The van der Waals surface area contributed by atoms with E-state index in [4.69, 9.17) is 21.1 Å². The Morgan fingerprint density at radius 3 is 2.76 bits per heavy atom. The van der Waals surface area contributed by atoms with Gasteiger partial charge >= 0.3 is 0 Å². The van der Waals surface area contributed by atoms with Crippen molar-refractivity contribution in [1.82, 2.24) is 10.2 Å². The maximum atomic E-state index is 6.22. The van der Waals surface area contributed by atoms with Crippen molar-refractivity contribution in [3.63, 3.8) is 0 Å². The van der Waals surface area contributed by atoms with Crippen LogP contribution in [0.1, 0.15) is 24.8 Å². The van der Waals surface area contributed by atoms with Crippen molar-refractivity contribution in [2.45, 2.75) is 31.9 Å². The second-order valence-electron chi connectivity index (χ2n) is 5.96. The van der Waals surface area contributed by atoms with Gasteiger partial charge < -0.3 is 19.7 Å². The van der Waals surface area contributed by atoms with Gasteiger partial charge in [0.1, 0.15) is 0 Å². The Kier molecular flexibility index (Phi) is 11.4. The van der Waals surface area contributed by atoms with Crippen LogP contribution in [0.25, 0.3) is 0 Å². The van der Waals surface area contributed by atoms with Gasteiger partial charge in [0.05, 0.1) is 6.10 Å². The Hall–Kier alpha value is -0.570. The molecule has 1 aromatic rings. The molecule has 0 aliphatic carbocycles. The number of hydrogen-bond donors (Lipinski definition) is 1. The fourth-order valence-electron chi connectivity index (χ4n) is 2.71. The van der Waals surface area contributed by atoms with Crippen LogP contribution < -0.4 is 5.32 Å². The van der Waals surface area contributed by atoms with Crippen molar-refractivity contribution in [3.8, 4) is 0 Å². The summed E-state index contributed by atoms with van der Waals surface area (Å²) in [4.78, 5) is 6.40. The highest BCUT2D eigenvalue weighted by atomic mass is 127. The van der Waals surface area contributed by atoms with Gasteiger partial charge in [-0.15, -0.1) is 24.0 Å². The van der Waals surface area contributed by atoms with Crippen molar-refractivity contribution in [3.05, 3.63) is 34.9 Å². The minimum atomic E-state index is 0. The molecule has 0 radical (unpaired) electrons.